The summed E-state index contributed by atoms with van der Waals surface area (Å²) >= 11 is 0. The van der Waals surface area contributed by atoms with Crippen LogP contribution < -0.4 is 4.72 Å². The van der Waals surface area contributed by atoms with E-state index in [9.17, 15) is 29.8 Å². The summed E-state index contributed by atoms with van der Waals surface area (Å²) in [6.45, 7) is 7.58. The highest BCUT2D eigenvalue weighted by molar-refractivity contribution is 7.90. The van der Waals surface area contributed by atoms with Crippen molar-refractivity contribution in [3.05, 3.63) is 29.8 Å². The quantitative estimate of drug-likeness (QED) is 0.353. The number of fused-ring (bicyclic) bond motifs is 3. The van der Waals surface area contributed by atoms with E-state index in [4.69, 9.17) is 4.55 Å². The number of hydrogen-bond acceptors (Lipinski definition) is 6. The number of benzene rings is 2. The Labute approximate surface area is 193 Å². The molecule has 0 bridgehead atoms. The molecule has 0 spiro atoms. The Morgan fingerprint density at radius 1 is 1.00 bits per heavy atom. The number of rotatable bonds is 8. The minimum Gasteiger partial charge on any atom is -0.286 e. The predicted octanol–water partition coefficient (Wildman–Crippen LogP) is 2.06. The van der Waals surface area contributed by atoms with E-state index in [-0.39, 0.29) is 24.4 Å². The third-order valence-corrected chi connectivity index (χ3v) is 9.20. The first-order valence-electron chi connectivity index (χ1n) is 10.2. The van der Waals surface area contributed by atoms with Crippen LogP contribution >= 0.6 is 0 Å². The summed E-state index contributed by atoms with van der Waals surface area (Å²) in [6, 6.07) is 5.47. The van der Waals surface area contributed by atoms with Crippen LogP contribution in [0.25, 0.3) is 10.8 Å². The molecule has 0 saturated heterocycles. The first-order valence-corrected chi connectivity index (χ1v) is 14.7. The predicted molar refractivity (Wildman–Crippen MR) is 124 cm³/mol. The van der Waals surface area contributed by atoms with Crippen molar-refractivity contribution >= 4 is 52.4 Å². The average molecular weight is 520 g/mol. The highest BCUT2D eigenvalue weighted by Gasteiger charge is 2.44. The second kappa shape index (κ2) is 8.40. The van der Waals surface area contributed by atoms with Gasteiger partial charge in [0, 0.05) is 36.9 Å². The number of nitrogens with zero attached hydrogens (tertiary/aromatic N) is 1. The monoisotopic (exact) mass is 519 g/mol. The molecule has 0 aromatic heterocycles. The molecule has 0 radical (unpaired) electrons. The van der Waals surface area contributed by atoms with E-state index in [2.05, 4.69) is 4.72 Å². The number of nitrogens with one attached hydrogen (secondary N) is 1. The van der Waals surface area contributed by atoms with Crippen LogP contribution in [-0.2, 0) is 35.7 Å². The van der Waals surface area contributed by atoms with E-state index >= 15 is 0 Å². The molecule has 0 aliphatic carbocycles. The lowest BCUT2D eigenvalue weighted by atomic mass is 9.80. The molecule has 0 fully saturated rings. The van der Waals surface area contributed by atoms with Crippen LogP contribution in [0.5, 0.6) is 0 Å². The fraction of sp³-hybridized carbons (Fsp3) is 0.450. The van der Waals surface area contributed by atoms with Crippen molar-refractivity contribution in [2.75, 3.05) is 18.8 Å². The molecule has 2 aromatic rings. The Balaban J connectivity index is 2.33. The summed E-state index contributed by atoms with van der Waals surface area (Å²) < 4.78 is 95.0. The average Bonchev–Trinajstić information content (AvgIpc) is 2.86. The minimum atomic E-state index is -4.71. The molecule has 2 aromatic carbocycles. The van der Waals surface area contributed by atoms with Crippen molar-refractivity contribution in [3.8, 4) is 0 Å². The van der Waals surface area contributed by atoms with Gasteiger partial charge in [0.25, 0.3) is 20.2 Å². The van der Waals surface area contributed by atoms with Crippen LogP contribution in [-0.4, -0.2) is 63.5 Å². The SMILES string of the molecule is CCNS(=O)(=O)c1cc(S(=O)(=O)O)cc2c3c(ccc12)[N+](CCCS(=O)(=O)O)=C(C)C3(C)C. The zero-order chi connectivity index (χ0) is 25.0. The zero-order valence-electron chi connectivity index (χ0n) is 18.7. The summed E-state index contributed by atoms with van der Waals surface area (Å²) in [5.74, 6) is -0.419. The first-order chi connectivity index (χ1) is 15.0. The molecule has 0 saturated carbocycles. The van der Waals surface area contributed by atoms with Gasteiger partial charge in [-0.25, -0.2) is 13.1 Å². The van der Waals surface area contributed by atoms with Crippen LogP contribution in [0.4, 0.5) is 5.69 Å². The van der Waals surface area contributed by atoms with Crippen molar-refractivity contribution in [2.24, 2.45) is 0 Å². The van der Waals surface area contributed by atoms with Crippen LogP contribution in [0.3, 0.4) is 0 Å². The van der Waals surface area contributed by atoms with Crippen LogP contribution in [0.15, 0.2) is 34.1 Å². The van der Waals surface area contributed by atoms with Crippen LogP contribution in [0, 0.1) is 0 Å². The molecular weight excluding hydrogens is 492 g/mol. The molecule has 33 heavy (non-hydrogen) atoms. The molecule has 1 heterocycles. The van der Waals surface area contributed by atoms with Gasteiger partial charge in [-0.3, -0.25) is 9.11 Å². The van der Waals surface area contributed by atoms with E-state index in [0.717, 1.165) is 11.8 Å². The van der Waals surface area contributed by atoms with Gasteiger partial charge < -0.3 is 0 Å². The first kappa shape index (κ1) is 25.7. The fourth-order valence-electron chi connectivity index (χ4n) is 4.28. The maximum Gasteiger partial charge on any atom is 0.294 e. The zero-order valence-corrected chi connectivity index (χ0v) is 21.1. The molecule has 182 valence electrons. The molecule has 3 rings (SSSR count). The maximum atomic E-state index is 12.9. The molecule has 0 atom stereocenters. The maximum absolute atomic E-state index is 12.9. The Kier molecular flexibility index (Phi) is 6.54. The van der Waals surface area contributed by atoms with Gasteiger partial charge in [0.1, 0.15) is 6.54 Å². The molecule has 10 nitrogen and oxygen atoms in total. The molecular formula is C20H27N2O8S3+. The van der Waals surface area contributed by atoms with Gasteiger partial charge in [0.15, 0.2) is 5.71 Å². The van der Waals surface area contributed by atoms with Crippen molar-refractivity contribution < 1.29 is 38.9 Å². The lowest BCUT2D eigenvalue weighted by Gasteiger charge is -2.19. The van der Waals surface area contributed by atoms with Gasteiger partial charge in [-0.15, -0.1) is 0 Å². The Morgan fingerprint density at radius 2 is 1.64 bits per heavy atom. The van der Waals surface area contributed by atoms with E-state index in [1.165, 1.54) is 6.07 Å². The largest absolute Gasteiger partial charge is 0.294 e. The van der Waals surface area contributed by atoms with E-state index in [1.54, 1.807) is 19.1 Å². The summed E-state index contributed by atoms with van der Waals surface area (Å²) in [7, 11) is -12.9. The lowest BCUT2D eigenvalue weighted by molar-refractivity contribution is -0.438. The van der Waals surface area contributed by atoms with Crippen molar-refractivity contribution in [1.82, 2.24) is 4.72 Å². The normalized spacial score (nSPS) is 16.4. The summed E-state index contributed by atoms with van der Waals surface area (Å²) in [4.78, 5) is -0.811. The second-order valence-corrected chi connectivity index (χ2v) is 13.2. The fourth-order valence-corrected chi connectivity index (χ4v) is 6.66. The van der Waals surface area contributed by atoms with Gasteiger partial charge >= 0.3 is 0 Å². The Hall–Kier alpha value is -1.90. The van der Waals surface area contributed by atoms with Crippen molar-refractivity contribution in [3.63, 3.8) is 0 Å². The lowest BCUT2D eigenvalue weighted by Crippen LogP contribution is -2.27. The standard InChI is InChI=1S/C20H26N2O8S3/c1-5-21-32(26,27)18-12-14(33(28,29)30)11-16-15(18)7-8-17-19(16)20(3,4)13(2)22(17)9-6-10-31(23,24)25/h7-8,11-12,21H,5-6,9-10H2,1-4H3,(H-,23,24,25,28,29,30)/p+1. The summed E-state index contributed by atoms with van der Waals surface area (Å²) in [6.07, 6.45) is 0.148. The number of hydrogen-bond donors (Lipinski definition) is 3. The van der Waals surface area contributed by atoms with E-state index < -0.39 is 46.3 Å². The third-order valence-electron chi connectivity index (χ3n) is 5.98. The Morgan fingerprint density at radius 3 is 2.18 bits per heavy atom. The van der Waals surface area contributed by atoms with Crippen LogP contribution in [0.2, 0.25) is 0 Å². The van der Waals surface area contributed by atoms with E-state index in [1.807, 2.05) is 25.3 Å². The molecule has 13 heteroatoms. The Bertz CT molecular complexity index is 1490. The van der Waals surface area contributed by atoms with Gasteiger partial charge in [0.05, 0.1) is 21.0 Å². The van der Waals surface area contributed by atoms with E-state index in [0.29, 0.717) is 22.0 Å². The topological polar surface area (TPSA) is 158 Å². The minimum absolute atomic E-state index is 0.0881. The number of sulfonamides is 1. The highest BCUT2D eigenvalue weighted by atomic mass is 32.2. The van der Waals surface area contributed by atoms with Gasteiger partial charge in [-0.05, 0) is 37.4 Å². The molecule has 0 amide bonds. The second-order valence-electron chi connectivity index (χ2n) is 8.45. The molecule has 1 aliphatic heterocycles. The van der Waals surface area contributed by atoms with Gasteiger partial charge in [-0.1, -0.05) is 6.92 Å². The van der Waals surface area contributed by atoms with Crippen molar-refractivity contribution in [2.45, 2.75) is 49.3 Å². The summed E-state index contributed by atoms with van der Waals surface area (Å²) in [5, 5.41) is 0.642. The molecule has 0 unspecified atom stereocenters. The van der Waals surface area contributed by atoms with Gasteiger partial charge in [-0.2, -0.15) is 21.4 Å². The molecule has 3 N–H and O–H groups in total. The van der Waals surface area contributed by atoms with Gasteiger partial charge in [0.2, 0.25) is 15.7 Å². The molecule has 1 aliphatic rings. The smallest absolute Gasteiger partial charge is 0.286 e. The highest BCUT2D eigenvalue weighted by Crippen LogP contribution is 2.45. The summed E-state index contributed by atoms with van der Waals surface area (Å²) in [5.41, 5.74) is 1.50. The third kappa shape index (κ3) is 4.84. The van der Waals surface area contributed by atoms with Crippen molar-refractivity contribution in [1.29, 1.82) is 0 Å². The van der Waals surface area contributed by atoms with Crippen LogP contribution in [0.1, 0.15) is 39.7 Å².